The maximum absolute atomic E-state index is 12.6. The molecule has 0 bridgehead atoms. The van der Waals surface area contributed by atoms with Gasteiger partial charge in [-0.3, -0.25) is 9.78 Å². The first kappa shape index (κ1) is 16.7. The van der Waals surface area contributed by atoms with Crippen LogP contribution in [-0.4, -0.2) is 53.1 Å². The van der Waals surface area contributed by atoms with Crippen molar-refractivity contribution < 1.29 is 9.53 Å². The quantitative estimate of drug-likeness (QED) is 0.840. The summed E-state index contributed by atoms with van der Waals surface area (Å²) in [6, 6.07) is 8.81. The van der Waals surface area contributed by atoms with Gasteiger partial charge in [0.15, 0.2) is 6.10 Å². The molecular formula is C18H19N5O2. The lowest BCUT2D eigenvalue weighted by atomic mass is 10.2. The second-order valence-electron chi connectivity index (χ2n) is 5.77. The number of nitrogens with zero attached hydrogens (tertiary/aromatic N) is 5. The molecule has 1 aromatic heterocycles. The molecule has 128 valence electrons. The fourth-order valence-electron chi connectivity index (χ4n) is 2.73. The van der Waals surface area contributed by atoms with Crippen LogP contribution in [0.1, 0.15) is 12.5 Å². The topological polar surface area (TPSA) is 82.4 Å². The van der Waals surface area contributed by atoms with E-state index in [1.54, 1.807) is 54.7 Å². The van der Waals surface area contributed by atoms with Gasteiger partial charge in [-0.15, -0.1) is 0 Å². The van der Waals surface area contributed by atoms with Gasteiger partial charge in [0.2, 0.25) is 0 Å². The summed E-state index contributed by atoms with van der Waals surface area (Å²) in [5, 5.41) is 8.81. The van der Waals surface area contributed by atoms with Gasteiger partial charge < -0.3 is 14.5 Å². The van der Waals surface area contributed by atoms with Gasteiger partial charge in [-0.05, 0) is 31.2 Å². The van der Waals surface area contributed by atoms with Crippen molar-refractivity contribution in [2.45, 2.75) is 13.0 Å². The molecule has 0 aliphatic carbocycles. The summed E-state index contributed by atoms with van der Waals surface area (Å²) in [6.07, 6.45) is 4.47. The molecule has 1 aromatic carbocycles. The highest BCUT2D eigenvalue weighted by molar-refractivity contribution is 5.81. The van der Waals surface area contributed by atoms with E-state index < -0.39 is 6.10 Å². The number of hydrogen-bond donors (Lipinski definition) is 0. The van der Waals surface area contributed by atoms with Gasteiger partial charge in [-0.1, -0.05) is 0 Å². The minimum Gasteiger partial charge on any atom is -0.481 e. The lowest BCUT2D eigenvalue weighted by molar-refractivity contribution is -0.138. The molecule has 1 amide bonds. The summed E-state index contributed by atoms with van der Waals surface area (Å²) < 4.78 is 5.70. The summed E-state index contributed by atoms with van der Waals surface area (Å²) in [7, 11) is 0. The SMILES string of the molecule is C[C@@H](Oc1ccc(C#N)cc1)C(=O)N1CCN(c2cnccn2)CC1. The molecule has 2 aromatic rings. The zero-order chi connectivity index (χ0) is 17.6. The van der Waals surface area contributed by atoms with Gasteiger partial charge in [0.1, 0.15) is 11.6 Å². The molecule has 25 heavy (non-hydrogen) atoms. The molecule has 1 saturated heterocycles. The Balaban J connectivity index is 1.54. The largest absolute Gasteiger partial charge is 0.481 e. The van der Waals surface area contributed by atoms with E-state index in [0.717, 1.165) is 5.82 Å². The summed E-state index contributed by atoms with van der Waals surface area (Å²) in [5.74, 6) is 1.37. The third-order valence-electron chi connectivity index (χ3n) is 4.11. The van der Waals surface area contributed by atoms with Crippen LogP contribution in [0.25, 0.3) is 0 Å². The minimum absolute atomic E-state index is 0.0387. The molecule has 0 N–H and O–H groups in total. The zero-order valence-corrected chi connectivity index (χ0v) is 14.0. The number of carbonyl (C=O) groups excluding carboxylic acids is 1. The molecule has 7 nitrogen and oxygen atoms in total. The van der Waals surface area contributed by atoms with Crippen LogP contribution < -0.4 is 9.64 Å². The zero-order valence-electron chi connectivity index (χ0n) is 14.0. The van der Waals surface area contributed by atoms with Gasteiger partial charge in [0.25, 0.3) is 5.91 Å². The van der Waals surface area contributed by atoms with E-state index in [-0.39, 0.29) is 5.91 Å². The summed E-state index contributed by atoms with van der Waals surface area (Å²) in [5.41, 5.74) is 0.562. The first-order valence-corrected chi connectivity index (χ1v) is 8.14. The Morgan fingerprint density at radius 2 is 1.92 bits per heavy atom. The van der Waals surface area contributed by atoms with E-state index in [1.165, 1.54) is 0 Å². The number of hydrogen-bond acceptors (Lipinski definition) is 6. The first-order valence-electron chi connectivity index (χ1n) is 8.14. The highest BCUT2D eigenvalue weighted by Crippen LogP contribution is 2.16. The normalized spacial score (nSPS) is 15.4. The second-order valence-corrected chi connectivity index (χ2v) is 5.77. The summed E-state index contributed by atoms with van der Waals surface area (Å²) >= 11 is 0. The van der Waals surface area contributed by atoms with Crippen LogP contribution in [0, 0.1) is 11.3 Å². The molecule has 0 radical (unpaired) electrons. The van der Waals surface area contributed by atoms with Gasteiger partial charge in [-0.25, -0.2) is 4.98 Å². The van der Waals surface area contributed by atoms with Crippen LogP contribution in [0.15, 0.2) is 42.9 Å². The Kier molecular flexibility index (Phi) is 5.09. The Labute approximate surface area is 146 Å². The van der Waals surface area contributed by atoms with Crippen molar-refractivity contribution in [1.29, 1.82) is 5.26 Å². The number of aromatic nitrogens is 2. The third-order valence-corrected chi connectivity index (χ3v) is 4.11. The van der Waals surface area contributed by atoms with E-state index >= 15 is 0 Å². The van der Waals surface area contributed by atoms with E-state index in [0.29, 0.717) is 37.5 Å². The van der Waals surface area contributed by atoms with Gasteiger partial charge >= 0.3 is 0 Å². The molecule has 1 aliphatic rings. The second kappa shape index (κ2) is 7.62. The number of amides is 1. The maximum atomic E-state index is 12.6. The van der Waals surface area contributed by atoms with E-state index in [9.17, 15) is 4.79 Å². The minimum atomic E-state index is -0.573. The Hall–Kier alpha value is -3.14. The number of anilines is 1. The average Bonchev–Trinajstić information content (AvgIpc) is 2.69. The fourth-order valence-corrected chi connectivity index (χ4v) is 2.73. The molecule has 1 aliphatic heterocycles. The molecular weight excluding hydrogens is 318 g/mol. The van der Waals surface area contributed by atoms with Crippen LogP contribution >= 0.6 is 0 Å². The Bertz CT molecular complexity index is 749. The lowest BCUT2D eigenvalue weighted by Crippen LogP contribution is -2.52. The number of benzene rings is 1. The average molecular weight is 337 g/mol. The van der Waals surface area contributed by atoms with E-state index in [1.807, 2.05) is 0 Å². The van der Waals surface area contributed by atoms with Gasteiger partial charge in [-0.2, -0.15) is 5.26 Å². The number of carbonyl (C=O) groups is 1. The smallest absolute Gasteiger partial charge is 0.263 e. The number of ether oxygens (including phenoxy) is 1. The fraction of sp³-hybridized carbons (Fsp3) is 0.333. The monoisotopic (exact) mass is 337 g/mol. The Morgan fingerprint density at radius 1 is 1.20 bits per heavy atom. The van der Waals surface area contributed by atoms with Crippen molar-refractivity contribution in [2.75, 3.05) is 31.1 Å². The van der Waals surface area contributed by atoms with Crippen LogP contribution in [0.4, 0.5) is 5.82 Å². The van der Waals surface area contributed by atoms with Crippen LogP contribution in [0.5, 0.6) is 5.75 Å². The molecule has 2 heterocycles. The predicted octanol–water partition coefficient (Wildman–Crippen LogP) is 1.46. The highest BCUT2D eigenvalue weighted by atomic mass is 16.5. The van der Waals surface area contributed by atoms with Crippen molar-refractivity contribution >= 4 is 11.7 Å². The number of nitriles is 1. The van der Waals surface area contributed by atoms with Crippen molar-refractivity contribution in [3.63, 3.8) is 0 Å². The van der Waals surface area contributed by atoms with Gasteiger partial charge in [0.05, 0.1) is 17.8 Å². The number of rotatable bonds is 4. The van der Waals surface area contributed by atoms with Crippen molar-refractivity contribution in [2.24, 2.45) is 0 Å². The van der Waals surface area contributed by atoms with Crippen molar-refractivity contribution in [3.8, 4) is 11.8 Å². The molecule has 1 fully saturated rings. The van der Waals surface area contributed by atoms with Crippen LogP contribution in [-0.2, 0) is 4.79 Å². The van der Waals surface area contributed by atoms with E-state index in [2.05, 4.69) is 20.9 Å². The highest BCUT2D eigenvalue weighted by Gasteiger charge is 2.26. The standard InChI is InChI=1S/C18H19N5O2/c1-14(25-16-4-2-15(12-19)3-5-16)18(24)23-10-8-22(9-11-23)17-13-20-6-7-21-17/h2-7,13-14H,8-11H2,1H3/t14-/m1/s1. The third kappa shape index (κ3) is 4.04. The Morgan fingerprint density at radius 3 is 2.52 bits per heavy atom. The molecule has 7 heteroatoms. The summed E-state index contributed by atoms with van der Waals surface area (Å²) in [6.45, 7) is 4.42. The molecule has 1 atom stereocenters. The maximum Gasteiger partial charge on any atom is 0.263 e. The molecule has 0 saturated carbocycles. The van der Waals surface area contributed by atoms with E-state index in [4.69, 9.17) is 10.00 Å². The lowest BCUT2D eigenvalue weighted by Gasteiger charge is -2.36. The molecule has 0 unspecified atom stereocenters. The number of piperazine rings is 1. The van der Waals surface area contributed by atoms with Crippen LogP contribution in [0.3, 0.4) is 0 Å². The van der Waals surface area contributed by atoms with Gasteiger partial charge in [0, 0.05) is 38.6 Å². The molecule has 3 rings (SSSR count). The van der Waals surface area contributed by atoms with Crippen molar-refractivity contribution in [1.82, 2.24) is 14.9 Å². The van der Waals surface area contributed by atoms with Crippen molar-refractivity contribution in [3.05, 3.63) is 48.4 Å². The predicted molar refractivity (Wildman–Crippen MR) is 92.1 cm³/mol. The van der Waals surface area contributed by atoms with Crippen LogP contribution in [0.2, 0.25) is 0 Å². The first-order chi connectivity index (χ1) is 12.2. The summed E-state index contributed by atoms with van der Waals surface area (Å²) in [4.78, 5) is 24.9. The molecule has 0 spiro atoms.